The fraction of sp³-hybridized carbons (Fsp3) is 0.111. The van der Waals surface area contributed by atoms with E-state index in [9.17, 15) is 9.18 Å². The van der Waals surface area contributed by atoms with Gasteiger partial charge in [-0.05, 0) is 42.0 Å². The van der Waals surface area contributed by atoms with Crippen molar-refractivity contribution < 1.29 is 9.18 Å². The van der Waals surface area contributed by atoms with Gasteiger partial charge in [0.2, 0.25) is 0 Å². The molecule has 0 unspecified atom stereocenters. The van der Waals surface area contributed by atoms with Crippen molar-refractivity contribution >= 4 is 23.3 Å². The normalized spacial score (nSPS) is 11.8. The maximum Gasteiger partial charge on any atom is 0.320 e. The first-order valence-electron chi connectivity index (χ1n) is 7.59. The first-order chi connectivity index (χ1) is 12.0. The first kappa shape index (κ1) is 17.0. The van der Waals surface area contributed by atoms with E-state index >= 15 is 0 Å². The summed E-state index contributed by atoms with van der Waals surface area (Å²) in [7, 11) is 1.85. The number of benzene rings is 2. The number of hydrogen-bond donors (Lipinski definition) is 2. The summed E-state index contributed by atoms with van der Waals surface area (Å²) < 4.78 is 14.8. The van der Waals surface area contributed by atoms with Crippen LogP contribution in [-0.4, -0.2) is 15.6 Å². The summed E-state index contributed by atoms with van der Waals surface area (Å²) in [5, 5.41) is 6.18. The number of rotatable bonds is 4. The van der Waals surface area contributed by atoms with E-state index in [0.29, 0.717) is 16.5 Å². The molecule has 2 amide bonds. The predicted molar refractivity (Wildman–Crippen MR) is 95.1 cm³/mol. The summed E-state index contributed by atoms with van der Waals surface area (Å²) in [6.45, 7) is 0. The van der Waals surface area contributed by atoms with Crippen LogP contribution in [0.15, 0.2) is 60.9 Å². The van der Waals surface area contributed by atoms with Gasteiger partial charge in [0.15, 0.2) is 0 Å². The molecule has 1 aromatic heterocycles. The molecular weight excluding hydrogens is 343 g/mol. The summed E-state index contributed by atoms with van der Waals surface area (Å²) >= 11 is 5.95. The van der Waals surface area contributed by atoms with E-state index in [2.05, 4.69) is 15.6 Å². The molecule has 0 spiro atoms. The highest BCUT2D eigenvalue weighted by atomic mass is 35.5. The summed E-state index contributed by atoms with van der Waals surface area (Å²) in [5.41, 5.74) is 1.33. The number of carbonyl (C=O) groups is 1. The van der Waals surface area contributed by atoms with Gasteiger partial charge in [0, 0.05) is 30.2 Å². The third kappa shape index (κ3) is 4.16. The van der Waals surface area contributed by atoms with Crippen LogP contribution in [0.2, 0.25) is 5.02 Å². The molecule has 1 heterocycles. The third-order valence-electron chi connectivity index (χ3n) is 3.70. The highest BCUT2D eigenvalue weighted by Gasteiger charge is 2.20. The minimum atomic E-state index is -0.460. The van der Waals surface area contributed by atoms with Crippen LogP contribution in [-0.2, 0) is 7.05 Å². The number of amides is 2. The minimum absolute atomic E-state index is 0.363. The summed E-state index contributed by atoms with van der Waals surface area (Å²) in [6.07, 6.45) is 3.47. The third-order valence-corrected chi connectivity index (χ3v) is 3.95. The standard InChI is InChI=1S/C18H16ClFN4O/c1-24-11-10-21-17(24)16(12-2-4-13(19)5-3-12)23-18(25)22-15-8-6-14(20)7-9-15/h2-11,16H,1H3,(H2,22,23,25)/t16-/m1/s1. The van der Waals surface area contributed by atoms with E-state index in [-0.39, 0.29) is 5.82 Å². The molecule has 0 fully saturated rings. The van der Waals surface area contributed by atoms with Crippen LogP contribution in [0.25, 0.3) is 0 Å². The van der Waals surface area contributed by atoms with Crippen molar-refractivity contribution in [2.75, 3.05) is 5.32 Å². The largest absolute Gasteiger partial charge is 0.336 e. The van der Waals surface area contributed by atoms with Crippen LogP contribution in [0.1, 0.15) is 17.4 Å². The zero-order valence-corrected chi connectivity index (χ0v) is 14.2. The fourth-order valence-electron chi connectivity index (χ4n) is 2.44. The lowest BCUT2D eigenvalue weighted by molar-refractivity contribution is 0.249. The zero-order valence-electron chi connectivity index (χ0n) is 13.4. The number of nitrogens with one attached hydrogen (secondary N) is 2. The molecule has 2 N–H and O–H groups in total. The number of hydrogen-bond acceptors (Lipinski definition) is 2. The van der Waals surface area contributed by atoms with Gasteiger partial charge in [-0.1, -0.05) is 23.7 Å². The molecule has 0 radical (unpaired) electrons. The van der Waals surface area contributed by atoms with Gasteiger partial charge in [-0.15, -0.1) is 0 Å². The topological polar surface area (TPSA) is 59.0 Å². The molecule has 128 valence electrons. The number of nitrogens with zero attached hydrogens (tertiary/aromatic N) is 2. The van der Waals surface area contributed by atoms with E-state index in [1.807, 2.05) is 23.7 Å². The van der Waals surface area contributed by atoms with Gasteiger partial charge in [0.1, 0.15) is 17.7 Å². The second kappa shape index (κ2) is 7.36. The van der Waals surface area contributed by atoms with Crippen molar-refractivity contribution in [1.29, 1.82) is 0 Å². The lowest BCUT2D eigenvalue weighted by atomic mass is 10.1. The highest BCUT2D eigenvalue weighted by Crippen LogP contribution is 2.22. The van der Waals surface area contributed by atoms with E-state index in [1.165, 1.54) is 24.3 Å². The molecule has 0 aliphatic rings. The molecule has 3 rings (SSSR count). The Bertz CT molecular complexity index is 862. The van der Waals surface area contributed by atoms with Crippen LogP contribution < -0.4 is 10.6 Å². The van der Waals surface area contributed by atoms with Crippen LogP contribution in [0, 0.1) is 5.82 Å². The Morgan fingerprint density at radius 2 is 1.84 bits per heavy atom. The number of aromatic nitrogens is 2. The molecule has 1 atom stereocenters. The molecule has 5 nitrogen and oxygen atoms in total. The highest BCUT2D eigenvalue weighted by molar-refractivity contribution is 6.30. The summed E-state index contributed by atoms with van der Waals surface area (Å²) in [6, 6.07) is 11.8. The molecule has 3 aromatic rings. The van der Waals surface area contributed by atoms with Crippen LogP contribution in [0.5, 0.6) is 0 Å². The maximum absolute atomic E-state index is 13.0. The number of imidazole rings is 1. The van der Waals surface area contributed by atoms with Crippen molar-refractivity contribution in [3.05, 3.63) is 83.2 Å². The monoisotopic (exact) mass is 358 g/mol. The van der Waals surface area contributed by atoms with Gasteiger partial charge in [-0.2, -0.15) is 0 Å². The first-order valence-corrected chi connectivity index (χ1v) is 7.96. The average Bonchev–Trinajstić information content (AvgIpc) is 3.01. The SMILES string of the molecule is Cn1ccnc1[C@H](NC(=O)Nc1ccc(F)cc1)c1ccc(Cl)cc1. The van der Waals surface area contributed by atoms with Crippen LogP contribution in [0.4, 0.5) is 14.9 Å². The van der Waals surface area contributed by atoms with E-state index in [1.54, 1.807) is 24.5 Å². The van der Waals surface area contributed by atoms with Crippen molar-refractivity contribution in [1.82, 2.24) is 14.9 Å². The van der Waals surface area contributed by atoms with Crippen molar-refractivity contribution in [2.24, 2.45) is 7.05 Å². The van der Waals surface area contributed by atoms with E-state index < -0.39 is 12.1 Å². The summed E-state index contributed by atoms with van der Waals surface area (Å²) in [5.74, 6) is 0.314. The van der Waals surface area contributed by atoms with Crippen LogP contribution in [0.3, 0.4) is 0 Å². The van der Waals surface area contributed by atoms with Crippen LogP contribution >= 0.6 is 11.6 Å². The van der Waals surface area contributed by atoms with E-state index in [4.69, 9.17) is 11.6 Å². The van der Waals surface area contributed by atoms with Crippen molar-refractivity contribution in [3.8, 4) is 0 Å². The second-order valence-corrected chi connectivity index (χ2v) is 5.92. The molecule has 0 bridgehead atoms. The van der Waals surface area contributed by atoms with Gasteiger partial charge < -0.3 is 15.2 Å². The van der Waals surface area contributed by atoms with Gasteiger partial charge in [-0.3, -0.25) is 0 Å². The molecule has 0 saturated heterocycles. The lowest BCUT2D eigenvalue weighted by Crippen LogP contribution is -2.34. The van der Waals surface area contributed by atoms with Gasteiger partial charge in [0.05, 0.1) is 0 Å². The smallest absolute Gasteiger partial charge is 0.320 e. The van der Waals surface area contributed by atoms with Gasteiger partial charge in [0.25, 0.3) is 0 Å². The fourth-order valence-corrected chi connectivity index (χ4v) is 2.56. The molecule has 2 aromatic carbocycles. The van der Waals surface area contributed by atoms with Crippen molar-refractivity contribution in [3.63, 3.8) is 0 Å². The lowest BCUT2D eigenvalue weighted by Gasteiger charge is -2.19. The second-order valence-electron chi connectivity index (χ2n) is 5.49. The van der Waals surface area contributed by atoms with Gasteiger partial charge in [-0.25, -0.2) is 14.2 Å². The Balaban J connectivity index is 1.82. The number of urea groups is 1. The Kier molecular flexibility index (Phi) is 5.00. The Hall–Kier alpha value is -2.86. The number of halogens is 2. The van der Waals surface area contributed by atoms with E-state index in [0.717, 1.165) is 5.56 Å². The average molecular weight is 359 g/mol. The van der Waals surface area contributed by atoms with Gasteiger partial charge >= 0.3 is 6.03 Å². The summed E-state index contributed by atoms with van der Waals surface area (Å²) in [4.78, 5) is 16.7. The number of aryl methyl sites for hydroxylation is 1. The molecule has 25 heavy (non-hydrogen) atoms. The molecule has 0 aliphatic carbocycles. The number of anilines is 1. The minimum Gasteiger partial charge on any atom is -0.336 e. The maximum atomic E-state index is 13.0. The molecule has 0 saturated carbocycles. The molecular formula is C18H16ClFN4O. The Morgan fingerprint density at radius 3 is 2.44 bits per heavy atom. The predicted octanol–water partition coefficient (Wildman–Crippen LogP) is 4.12. The number of carbonyl (C=O) groups excluding carboxylic acids is 1. The Labute approximate surface area is 149 Å². The molecule has 0 aliphatic heterocycles. The zero-order chi connectivity index (χ0) is 17.8. The molecule has 7 heteroatoms. The quantitative estimate of drug-likeness (QED) is 0.737. The van der Waals surface area contributed by atoms with Crippen molar-refractivity contribution in [2.45, 2.75) is 6.04 Å². The Morgan fingerprint density at radius 1 is 1.16 bits per heavy atom.